The van der Waals surface area contributed by atoms with Crippen LogP contribution in [0.25, 0.3) is 0 Å². The van der Waals surface area contributed by atoms with Gasteiger partial charge < -0.3 is 10.0 Å². The zero-order valence-electron chi connectivity index (χ0n) is 11.8. The summed E-state index contributed by atoms with van der Waals surface area (Å²) in [7, 11) is 0. The molecular formula is C17H16FNO2. The second kappa shape index (κ2) is 5.20. The first-order chi connectivity index (χ1) is 10.0. The largest absolute Gasteiger partial charge is 0.478 e. The molecule has 2 aromatic rings. The average molecular weight is 285 g/mol. The van der Waals surface area contributed by atoms with Crippen molar-refractivity contribution in [3.63, 3.8) is 0 Å². The molecule has 3 nitrogen and oxygen atoms in total. The standard InChI is InChI=1S/C17H16FNO2/c1-11-8-13(17(20)21)2-3-14(11)10-19-7-6-12-4-5-15(18)9-16(12)19/h2-5,8-9H,6-7,10H2,1H3,(H,20,21). The first kappa shape index (κ1) is 13.6. The van der Waals surface area contributed by atoms with Crippen LogP contribution in [-0.2, 0) is 13.0 Å². The number of aryl methyl sites for hydroxylation is 1. The molecule has 0 radical (unpaired) electrons. The number of halogens is 1. The molecule has 0 saturated heterocycles. The highest BCUT2D eigenvalue weighted by Crippen LogP contribution is 2.30. The van der Waals surface area contributed by atoms with Gasteiger partial charge in [0.2, 0.25) is 0 Å². The van der Waals surface area contributed by atoms with E-state index in [4.69, 9.17) is 5.11 Å². The Morgan fingerprint density at radius 2 is 2.10 bits per heavy atom. The Morgan fingerprint density at radius 1 is 1.29 bits per heavy atom. The van der Waals surface area contributed by atoms with E-state index in [9.17, 15) is 9.18 Å². The maximum Gasteiger partial charge on any atom is 0.335 e. The van der Waals surface area contributed by atoms with E-state index < -0.39 is 5.97 Å². The number of hydrogen-bond acceptors (Lipinski definition) is 2. The van der Waals surface area contributed by atoms with E-state index in [0.29, 0.717) is 12.1 Å². The van der Waals surface area contributed by atoms with Crippen molar-refractivity contribution in [2.75, 3.05) is 11.4 Å². The van der Waals surface area contributed by atoms with Crippen LogP contribution in [0.15, 0.2) is 36.4 Å². The molecule has 0 spiro atoms. The second-order valence-electron chi connectivity index (χ2n) is 5.39. The highest BCUT2D eigenvalue weighted by atomic mass is 19.1. The molecule has 1 aliphatic heterocycles. The summed E-state index contributed by atoms with van der Waals surface area (Å²) < 4.78 is 13.4. The lowest BCUT2D eigenvalue weighted by Crippen LogP contribution is -2.20. The summed E-state index contributed by atoms with van der Waals surface area (Å²) in [5.41, 5.74) is 4.41. The van der Waals surface area contributed by atoms with Crippen LogP contribution < -0.4 is 4.90 Å². The summed E-state index contributed by atoms with van der Waals surface area (Å²) in [6.07, 6.45) is 0.919. The van der Waals surface area contributed by atoms with Gasteiger partial charge in [0, 0.05) is 18.8 Å². The molecule has 0 bridgehead atoms. The maximum absolute atomic E-state index is 13.4. The third-order valence-electron chi connectivity index (χ3n) is 3.99. The topological polar surface area (TPSA) is 40.5 Å². The first-order valence-corrected chi connectivity index (χ1v) is 6.91. The summed E-state index contributed by atoms with van der Waals surface area (Å²) >= 11 is 0. The fourth-order valence-corrected chi connectivity index (χ4v) is 2.79. The number of rotatable bonds is 3. The minimum Gasteiger partial charge on any atom is -0.478 e. The fourth-order valence-electron chi connectivity index (χ4n) is 2.79. The molecule has 1 aliphatic rings. The smallest absolute Gasteiger partial charge is 0.335 e. The van der Waals surface area contributed by atoms with Gasteiger partial charge in [-0.25, -0.2) is 9.18 Å². The average Bonchev–Trinajstić information content (AvgIpc) is 2.83. The van der Waals surface area contributed by atoms with Gasteiger partial charge in [-0.2, -0.15) is 0 Å². The first-order valence-electron chi connectivity index (χ1n) is 6.91. The van der Waals surface area contributed by atoms with Crippen molar-refractivity contribution >= 4 is 11.7 Å². The molecule has 0 amide bonds. The number of carboxylic acids is 1. The highest BCUT2D eigenvalue weighted by molar-refractivity contribution is 5.87. The molecule has 0 atom stereocenters. The van der Waals surface area contributed by atoms with Crippen LogP contribution in [0.2, 0.25) is 0 Å². The second-order valence-corrected chi connectivity index (χ2v) is 5.39. The third kappa shape index (κ3) is 2.61. The van der Waals surface area contributed by atoms with E-state index in [-0.39, 0.29) is 5.82 Å². The Hall–Kier alpha value is -2.36. The molecule has 3 rings (SSSR count). The van der Waals surface area contributed by atoms with Gasteiger partial charge in [0.1, 0.15) is 5.82 Å². The number of carboxylic acid groups (broad SMARTS) is 1. The molecule has 21 heavy (non-hydrogen) atoms. The van der Waals surface area contributed by atoms with Crippen LogP contribution in [0, 0.1) is 12.7 Å². The van der Waals surface area contributed by atoms with Crippen LogP contribution in [-0.4, -0.2) is 17.6 Å². The number of anilines is 1. The Labute approximate surface area is 122 Å². The molecule has 0 saturated carbocycles. The van der Waals surface area contributed by atoms with E-state index in [1.54, 1.807) is 18.2 Å². The van der Waals surface area contributed by atoms with Crippen molar-refractivity contribution in [1.82, 2.24) is 0 Å². The van der Waals surface area contributed by atoms with Gasteiger partial charge in [-0.3, -0.25) is 0 Å². The highest BCUT2D eigenvalue weighted by Gasteiger charge is 2.20. The van der Waals surface area contributed by atoms with E-state index in [1.165, 1.54) is 6.07 Å². The summed E-state index contributed by atoms with van der Waals surface area (Å²) in [5, 5.41) is 8.99. The van der Waals surface area contributed by atoms with Crippen molar-refractivity contribution in [3.8, 4) is 0 Å². The van der Waals surface area contributed by atoms with E-state index >= 15 is 0 Å². The predicted molar refractivity (Wildman–Crippen MR) is 79.3 cm³/mol. The van der Waals surface area contributed by atoms with E-state index in [1.807, 2.05) is 19.1 Å². The molecule has 0 aliphatic carbocycles. The molecule has 1 heterocycles. The SMILES string of the molecule is Cc1cc(C(=O)O)ccc1CN1CCc2ccc(F)cc21. The van der Waals surface area contributed by atoms with E-state index in [2.05, 4.69) is 4.90 Å². The van der Waals surface area contributed by atoms with Crippen molar-refractivity contribution < 1.29 is 14.3 Å². The Balaban J connectivity index is 1.86. The van der Waals surface area contributed by atoms with Gasteiger partial charge in [-0.05, 0) is 54.3 Å². The number of carbonyl (C=O) groups is 1. The van der Waals surface area contributed by atoms with Gasteiger partial charge in [0.05, 0.1) is 5.56 Å². The van der Waals surface area contributed by atoms with Crippen LogP contribution in [0.1, 0.15) is 27.0 Å². The molecular weight excluding hydrogens is 269 g/mol. The molecule has 0 fully saturated rings. The summed E-state index contributed by atoms with van der Waals surface area (Å²) in [5.74, 6) is -1.14. The van der Waals surface area contributed by atoms with E-state index in [0.717, 1.165) is 35.3 Å². The Bertz CT molecular complexity index is 712. The summed E-state index contributed by atoms with van der Waals surface area (Å²) in [6, 6.07) is 10.0. The number of nitrogens with zero attached hydrogens (tertiary/aromatic N) is 1. The number of fused-ring (bicyclic) bond motifs is 1. The third-order valence-corrected chi connectivity index (χ3v) is 3.99. The van der Waals surface area contributed by atoms with Crippen molar-refractivity contribution in [2.45, 2.75) is 19.9 Å². The number of hydrogen-bond donors (Lipinski definition) is 1. The molecule has 4 heteroatoms. The van der Waals surface area contributed by atoms with Crippen molar-refractivity contribution in [1.29, 1.82) is 0 Å². The fraction of sp³-hybridized carbons (Fsp3) is 0.235. The number of aromatic carboxylic acids is 1. The molecule has 0 unspecified atom stereocenters. The van der Waals surface area contributed by atoms with Crippen LogP contribution in [0.4, 0.5) is 10.1 Å². The van der Waals surface area contributed by atoms with Gasteiger partial charge in [-0.1, -0.05) is 12.1 Å². The zero-order chi connectivity index (χ0) is 15.0. The monoisotopic (exact) mass is 285 g/mol. The van der Waals surface area contributed by atoms with Gasteiger partial charge in [0.15, 0.2) is 0 Å². The summed E-state index contributed by atoms with van der Waals surface area (Å²) in [4.78, 5) is 13.1. The molecule has 2 aromatic carbocycles. The van der Waals surface area contributed by atoms with Crippen LogP contribution >= 0.6 is 0 Å². The molecule has 0 aromatic heterocycles. The lowest BCUT2D eigenvalue weighted by molar-refractivity contribution is 0.0697. The van der Waals surface area contributed by atoms with Gasteiger partial charge >= 0.3 is 5.97 Å². The zero-order valence-corrected chi connectivity index (χ0v) is 11.8. The quantitative estimate of drug-likeness (QED) is 0.939. The lowest BCUT2D eigenvalue weighted by atomic mass is 10.0. The van der Waals surface area contributed by atoms with Crippen molar-refractivity contribution in [2.24, 2.45) is 0 Å². The normalized spacial score (nSPS) is 13.3. The van der Waals surface area contributed by atoms with Crippen LogP contribution in [0.5, 0.6) is 0 Å². The molecule has 1 N–H and O–H groups in total. The minimum atomic E-state index is -0.918. The lowest BCUT2D eigenvalue weighted by Gasteiger charge is -2.21. The van der Waals surface area contributed by atoms with Gasteiger partial charge in [-0.15, -0.1) is 0 Å². The van der Waals surface area contributed by atoms with Gasteiger partial charge in [0.25, 0.3) is 0 Å². The van der Waals surface area contributed by atoms with Crippen LogP contribution in [0.3, 0.4) is 0 Å². The summed E-state index contributed by atoms with van der Waals surface area (Å²) in [6.45, 7) is 3.44. The minimum absolute atomic E-state index is 0.224. The Morgan fingerprint density at radius 3 is 2.81 bits per heavy atom. The number of benzene rings is 2. The predicted octanol–water partition coefficient (Wildman–Crippen LogP) is 3.40. The Kier molecular flexibility index (Phi) is 3.37. The molecule has 108 valence electrons. The van der Waals surface area contributed by atoms with Crippen molar-refractivity contribution in [3.05, 3.63) is 64.5 Å². The maximum atomic E-state index is 13.4.